The van der Waals surface area contributed by atoms with E-state index in [9.17, 15) is 36.6 Å². The Morgan fingerprint density at radius 3 is 2.19 bits per heavy atom. The number of halogens is 6. The van der Waals surface area contributed by atoms with Gasteiger partial charge in [0.05, 0.1) is 5.56 Å². The SMILES string of the molecule is CN(C)C(=O)c1ccc(N2CCC(CC3CCN(C(=O)C(O)(c4cccc(OC(F)F)c4)C(F)(F)F)CC3)CC2)nc1Cl. The van der Waals surface area contributed by atoms with Crippen molar-refractivity contribution in [3.8, 4) is 5.75 Å². The van der Waals surface area contributed by atoms with Crippen LogP contribution in [-0.4, -0.2) is 84.8 Å². The second-order valence-electron chi connectivity index (χ2n) is 11.2. The van der Waals surface area contributed by atoms with Gasteiger partial charge in [-0.2, -0.15) is 22.0 Å². The molecule has 0 saturated carbocycles. The summed E-state index contributed by atoms with van der Waals surface area (Å²) < 4.78 is 71.7. The van der Waals surface area contributed by atoms with Crippen molar-refractivity contribution >= 4 is 29.2 Å². The normalized spacial score (nSPS) is 18.5. The van der Waals surface area contributed by atoms with Crippen molar-refractivity contribution in [2.24, 2.45) is 11.8 Å². The van der Waals surface area contributed by atoms with Crippen molar-refractivity contribution in [2.75, 3.05) is 45.2 Å². The lowest BCUT2D eigenvalue weighted by Gasteiger charge is -2.40. The van der Waals surface area contributed by atoms with Gasteiger partial charge in [-0.15, -0.1) is 0 Å². The number of hydrogen-bond acceptors (Lipinski definition) is 6. The number of nitrogens with zero attached hydrogens (tertiary/aromatic N) is 4. The lowest BCUT2D eigenvalue weighted by Crippen LogP contribution is -2.57. The lowest BCUT2D eigenvalue weighted by atomic mass is 9.82. The van der Waals surface area contributed by atoms with Gasteiger partial charge < -0.3 is 24.5 Å². The Morgan fingerprint density at radius 1 is 1.05 bits per heavy atom. The average Bonchev–Trinajstić information content (AvgIpc) is 2.96. The van der Waals surface area contributed by atoms with Crippen LogP contribution in [0.1, 0.15) is 48.0 Å². The summed E-state index contributed by atoms with van der Waals surface area (Å²) in [7, 11) is 3.27. The molecule has 0 aliphatic carbocycles. The minimum absolute atomic E-state index is 0.0361. The molecule has 1 aromatic carbocycles. The maximum Gasteiger partial charge on any atom is 0.430 e. The third kappa shape index (κ3) is 7.31. The van der Waals surface area contributed by atoms with E-state index in [2.05, 4.69) is 14.6 Å². The zero-order valence-electron chi connectivity index (χ0n) is 23.8. The average molecular weight is 633 g/mol. The summed E-state index contributed by atoms with van der Waals surface area (Å²) in [5.74, 6) is -1.08. The van der Waals surface area contributed by atoms with Gasteiger partial charge in [0.2, 0.25) is 0 Å². The van der Waals surface area contributed by atoms with E-state index in [4.69, 9.17) is 11.6 Å². The van der Waals surface area contributed by atoms with Gasteiger partial charge in [0.1, 0.15) is 16.7 Å². The highest BCUT2D eigenvalue weighted by atomic mass is 35.5. The van der Waals surface area contributed by atoms with Crippen LogP contribution in [0, 0.1) is 11.8 Å². The summed E-state index contributed by atoms with van der Waals surface area (Å²) in [4.78, 5) is 34.3. The van der Waals surface area contributed by atoms with Crippen molar-refractivity contribution in [1.82, 2.24) is 14.8 Å². The van der Waals surface area contributed by atoms with Crippen molar-refractivity contribution in [3.63, 3.8) is 0 Å². The van der Waals surface area contributed by atoms with E-state index in [1.807, 2.05) is 0 Å². The van der Waals surface area contributed by atoms with Crippen molar-refractivity contribution in [1.29, 1.82) is 0 Å². The molecular weight excluding hydrogens is 599 g/mol. The van der Waals surface area contributed by atoms with E-state index in [1.54, 1.807) is 26.2 Å². The van der Waals surface area contributed by atoms with Crippen LogP contribution in [-0.2, 0) is 10.4 Å². The number of anilines is 1. The highest BCUT2D eigenvalue weighted by Gasteiger charge is 2.62. The van der Waals surface area contributed by atoms with E-state index in [0.29, 0.717) is 36.2 Å². The fourth-order valence-electron chi connectivity index (χ4n) is 5.78. The molecule has 14 heteroatoms. The van der Waals surface area contributed by atoms with E-state index in [1.165, 1.54) is 4.90 Å². The molecule has 1 unspecified atom stereocenters. The minimum atomic E-state index is -5.39. The predicted molar refractivity (Wildman–Crippen MR) is 149 cm³/mol. The van der Waals surface area contributed by atoms with Crippen LogP contribution >= 0.6 is 11.6 Å². The molecule has 2 fully saturated rings. The Morgan fingerprint density at radius 2 is 1.65 bits per heavy atom. The number of rotatable bonds is 8. The molecule has 3 heterocycles. The number of likely N-dealkylation sites (tertiary alicyclic amines) is 1. The molecule has 4 rings (SSSR count). The third-order valence-electron chi connectivity index (χ3n) is 8.17. The molecule has 2 aliphatic heterocycles. The molecule has 2 amide bonds. The number of carbonyl (C=O) groups excluding carboxylic acids is 2. The number of piperidine rings is 2. The van der Waals surface area contributed by atoms with Gasteiger partial charge >= 0.3 is 12.8 Å². The van der Waals surface area contributed by atoms with E-state index in [-0.39, 0.29) is 30.1 Å². The van der Waals surface area contributed by atoms with Gasteiger partial charge in [-0.05, 0) is 68.2 Å². The number of pyridine rings is 1. The highest BCUT2D eigenvalue weighted by molar-refractivity contribution is 6.32. The van der Waals surface area contributed by atoms with Crippen LogP contribution in [0.5, 0.6) is 5.75 Å². The van der Waals surface area contributed by atoms with Gasteiger partial charge in [0.15, 0.2) is 0 Å². The summed E-state index contributed by atoms with van der Waals surface area (Å²) in [6, 6.07) is 6.95. The minimum Gasteiger partial charge on any atom is -0.435 e. The Bertz CT molecular complexity index is 1300. The zero-order chi connectivity index (χ0) is 31.5. The van der Waals surface area contributed by atoms with Gasteiger partial charge in [0, 0.05) is 45.8 Å². The van der Waals surface area contributed by atoms with Crippen molar-refractivity contribution in [3.05, 3.63) is 52.7 Å². The number of aliphatic hydroxyl groups is 1. The molecule has 43 heavy (non-hydrogen) atoms. The van der Waals surface area contributed by atoms with E-state index < -0.39 is 35.6 Å². The Balaban J connectivity index is 1.32. The van der Waals surface area contributed by atoms with Gasteiger partial charge in [-0.25, -0.2) is 4.98 Å². The number of alkyl halides is 5. The maximum atomic E-state index is 14.1. The Kier molecular flexibility index (Phi) is 10.1. The molecule has 2 aliphatic rings. The summed E-state index contributed by atoms with van der Waals surface area (Å²) in [6.07, 6.45) is -1.82. The van der Waals surface area contributed by atoms with Crippen molar-refractivity contribution in [2.45, 2.75) is 50.5 Å². The first-order valence-corrected chi connectivity index (χ1v) is 14.4. The van der Waals surface area contributed by atoms with Crippen LogP contribution in [0.25, 0.3) is 0 Å². The largest absolute Gasteiger partial charge is 0.435 e. The fraction of sp³-hybridized carbons (Fsp3) is 0.552. The van der Waals surface area contributed by atoms with E-state index >= 15 is 0 Å². The lowest BCUT2D eigenvalue weighted by molar-refractivity contribution is -0.262. The van der Waals surface area contributed by atoms with E-state index in [0.717, 1.165) is 55.5 Å². The van der Waals surface area contributed by atoms with Gasteiger partial charge in [0.25, 0.3) is 17.4 Å². The molecule has 2 saturated heterocycles. The summed E-state index contributed by atoms with van der Waals surface area (Å²) >= 11 is 6.27. The monoisotopic (exact) mass is 632 g/mol. The number of ether oxygens (including phenoxy) is 1. The van der Waals surface area contributed by atoms with Gasteiger partial charge in [-0.1, -0.05) is 23.7 Å². The Labute approximate surface area is 251 Å². The number of carbonyl (C=O) groups is 2. The smallest absolute Gasteiger partial charge is 0.430 e. The topological polar surface area (TPSA) is 86.2 Å². The van der Waals surface area contributed by atoms with Crippen LogP contribution < -0.4 is 9.64 Å². The number of benzene rings is 1. The first-order valence-electron chi connectivity index (χ1n) is 14.0. The third-order valence-corrected chi connectivity index (χ3v) is 8.46. The predicted octanol–water partition coefficient (Wildman–Crippen LogP) is 5.33. The fourth-order valence-corrected chi connectivity index (χ4v) is 6.01. The van der Waals surface area contributed by atoms with Gasteiger partial charge in [-0.3, -0.25) is 9.59 Å². The highest BCUT2D eigenvalue weighted by Crippen LogP contribution is 2.42. The second kappa shape index (κ2) is 13.2. The molecule has 236 valence electrons. The Hall–Kier alpha value is -3.19. The molecule has 8 nitrogen and oxygen atoms in total. The molecule has 0 radical (unpaired) electrons. The molecule has 0 spiro atoms. The number of amides is 2. The van der Waals surface area contributed by atoms with Crippen LogP contribution in [0.4, 0.5) is 27.8 Å². The quantitative estimate of drug-likeness (QED) is 0.313. The maximum absolute atomic E-state index is 14.1. The van der Waals surface area contributed by atoms with Crippen molar-refractivity contribution < 1.29 is 41.4 Å². The molecule has 1 atom stereocenters. The summed E-state index contributed by atoms with van der Waals surface area (Å²) in [5, 5.41) is 10.9. The van der Waals surface area contributed by atoms with Crippen LogP contribution in [0.2, 0.25) is 5.15 Å². The molecule has 0 bridgehead atoms. The summed E-state index contributed by atoms with van der Waals surface area (Å²) in [5.41, 5.74) is -4.45. The standard InChI is InChI=1S/C29H34ClF5N4O4/c1-37(2)25(40)22-6-7-23(36-24(22)30)38-12-8-18(9-13-38)16-19-10-14-39(15-11-19)26(41)28(42,29(33,34)35)20-4-3-5-21(17-20)43-27(31)32/h3-7,17-19,27,42H,8-16H2,1-2H3. The molecular formula is C29H34ClF5N4O4. The first-order chi connectivity index (χ1) is 20.2. The molecule has 2 aromatic rings. The second-order valence-corrected chi connectivity index (χ2v) is 11.6. The van der Waals surface area contributed by atoms with Crippen LogP contribution in [0.15, 0.2) is 36.4 Å². The zero-order valence-corrected chi connectivity index (χ0v) is 24.5. The number of hydrogen-bond donors (Lipinski definition) is 1. The first kappa shape index (κ1) is 32.7. The number of aromatic nitrogens is 1. The molecule has 1 N–H and O–H groups in total. The summed E-state index contributed by atoms with van der Waals surface area (Å²) in [6.45, 7) is -1.74. The molecule has 1 aromatic heterocycles. The van der Waals surface area contributed by atoms with Crippen LogP contribution in [0.3, 0.4) is 0 Å².